The zero-order valence-corrected chi connectivity index (χ0v) is 8.31. The number of rotatable bonds is 5. The largest absolute Gasteiger partial charge is 0.491 e. The zero-order chi connectivity index (χ0) is 10.4. The van der Waals surface area contributed by atoms with Gasteiger partial charge < -0.3 is 14.9 Å². The molecule has 1 aromatic carbocycles. The van der Waals surface area contributed by atoms with Gasteiger partial charge in [0, 0.05) is 0 Å². The maximum atomic E-state index is 9.52. The van der Waals surface area contributed by atoms with E-state index in [1.807, 2.05) is 19.1 Å². The first-order chi connectivity index (χ1) is 6.77. The Bertz CT molecular complexity index is 256. The van der Waals surface area contributed by atoms with Gasteiger partial charge in [-0.05, 0) is 24.1 Å². The first kappa shape index (κ1) is 11.0. The molecule has 0 saturated heterocycles. The molecule has 14 heavy (non-hydrogen) atoms. The number of benzene rings is 1. The van der Waals surface area contributed by atoms with Gasteiger partial charge >= 0.3 is 0 Å². The highest BCUT2D eigenvalue weighted by molar-refractivity contribution is 5.28. The van der Waals surface area contributed by atoms with Crippen LogP contribution in [0, 0.1) is 0 Å². The molecule has 0 fully saturated rings. The van der Waals surface area contributed by atoms with Crippen LogP contribution in [0.15, 0.2) is 24.3 Å². The minimum Gasteiger partial charge on any atom is -0.491 e. The van der Waals surface area contributed by atoms with Gasteiger partial charge in [-0.1, -0.05) is 19.1 Å². The molecule has 0 heterocycles. The number of ether oxygens (including phenoxy) is 1. The minimum absolute atomic E-state index is 0.0132. The van der Waals surface area contributed by atoms with Crippen LogP contribution in [-0.4, -0.2) is 23.4 Å². The van der Waals surface area contributed by atoms with E-state index in [0.717, 1.165) is 5.56 Å². The van der Waals surface area contributed by atoms with E-state index in [9.17, 15) is 5.11 Å². The highest BCUT2D eigenvalue weighted by Crippen LogP contribution is 2.19. The summed E-state index contributed by atoms with van der Waals surface area (Å²) in [4.78, 5) is 0. The van der Waals surface area contributed by atoms with E-state index in [1.165, 1.54) is 0 Å². The van der Waals surface area contributed by atoms with Crippen LogP contribution in [0.4, 0.5) is 0 Å². The molecular weight excluding hydrogens is 180 g/mol. The van der Waals surface area contributed by atoms with Crippen LogP contribution in [-0.2, 0) is 0 Å². The summed E-state index contributed by atoms with van der Waals surface area (Å²) >= 11 is 0. The second kappa shape index (κ2) is 5.62. The molecule has 0 spiro atoms. The van der Waals surface area contributed by atoms with Gasteiger partial charge in [0.25, 0.3) is 0 Å². The lowest BCUT2D eigenvalue weighted by atomic mass is 10.1. The molecule has 0 unspecified atom stereocenters. The molecular formula is C11H16O3. The molecule has 3 heteroatoms. The molecule has 0 aliphatic carbocycles. The lowest BCUT2D eigenvalue weighted by Gasteiger charge is -2.09. The fourth-order valence-electron chi connectivity index (χ4n) is 1.19. The van der Waals surface area contributed by atoms with Crippen LogP contribution < -0.4 is 4.74 Å². The third kappa shape index (κ3) is 3.01. The minimum atomic E-state index is -0.401. The zero-order valence-electron chi connectivity index (χ0n) is 8.31. The molecule has 2 N–H and O–H groups in total. The lowest BCUT2D eigenvalue weighted by Crippen LogP contribution is -2.02. The maximum absolute atomic E-state index is 9.52. The molecule has 0 bridgehead atoms. The Morgan fingerprint density at radius 3 is 2.43 bits per heavy atom. The van der Waals surface area contributed by atoms with Crippen LogP contribution in [0.25, 0.3) is 0 Å². The highest BCUT2D eigenvalue weighted by Gasteiger charge is 2.03. The third-order valence-electron chi connectivity index (χ3n) is 2.01. The molecule has 1 rings (SSSR count). The fourth-order valence-corrected chi connectivity index (χ4v) is 1.19. The van der Waals surface area contributed by atoms with Crippen LogP contribution >= 0.6 is 0 Å². The first-order valence-corrected chi connectivity index (χ1v) is 4.79. The molecule has 0 aliphatic heterocycles. The first-order valence-electron chi connectivity index (χ1n) is 4.79. The van der Waals surface area contributed by atoms with Gasteiger partial charge in [-0.25, -0.2) is 0 Å². The molecule has 0 radical (unpaired) electrons. The summed E-state index contributed by atoms with van der Waals surface area (Å²) in [5, 5.41) is 18.1. The number of hydrogen-bond donors (Lipinski definition) is 2. The van der Waals surface area contributed by atoms with Crippen molar-refractivity contribution >= 4 is 0 Å². The SMILES string of the molecule is CC[C@@H](O)c1ccc(OCCO)cc1. The van der Waals surface area contributed by atoms with E-state index in [0.29, 0.717) is 18.8 Å². The van der Waals surface area contributed by atoms with Gasteiger partial charge in [-0.3, -0.25) is 0 Å². The van der Waals surface area contributed by atoms with Gasteiger partial charge in [-0.15, -0.1) is 0 Å². The van der Waals surface area contributed by atoms with E-state index in [1.54, 1.807) is 12.1 Å². The third-order valence-corrected chi connectivity index (χ3v) is 2.01. The molecule has 0 aliphatic rings. The lowest BCUT2D eigenvalue weighted by molar-refractivity contribution is 0.173. The Hall–Kier alpha value is -1.06. The van der Waals surface area contributed by atoms with Crippen LogP contribution in [0.1, 0.15) is 25.0 Å². The number of hydrogen-bond acceptors (Lipinski definition) is 3. The summed E-state index contributed by atoms with van der Waals surface area (Å²) in [7, 11) is 0. The molecule has 1 aromatic rings. The van der Waals surface area contributed by atoms with E-state index < -0.39 is 6.10 Å². The van der Waals surface area contributed by atoms with Crippen LogP contribution in [0.3, 0.4) is 0 Å². The van der Waals surface area contributed by atoms with Gasteiger partial charge in [0.2, 0.25) is 0 Å². The van der Waals surface area contributed by atoms with E-state index in [2.05, 4.69) is 0 Å². The number of aliphatic hydroxyl groups excluding tert-OH is 2. The van der Waals surface area contributed by atoms with Gasteiger partial charge in [0.05, 0.1) is 12.7 Å². The Morgan fingerprint density at radius 2 is 1.93 bits per heavy atom. The highest BCUT2D eigenvalue weighted by atomic mass is 16.5. The van der Waals surface area contributed by atoms with Crippen molar-refractivity contribution in [2.24, 2.45) is 0 Å². The second-order valence-electron chi connectivity index (χ2n) is 3.07. The van der Waals surface area contributed by atoms with Crippen molar-refractivity contribution < 1.29 is 14.9 Å². The van der Waals surface area contributed by atoms with Gasteiger partial charge in [-0.2, -0.15) is 0 Å². The summed E-state index contributed by atoms with van der Waals surface area (Å²) in [6.07, 6.45) is 0.304. The molecule has 0 aromatic heterocycles. The summed E-state index contributed by atoms with van der Waals surface area (Å²) in [5.74, 6) is 0.714. The Labute approximate surface area is 84.0 Å². The van der Waals surface area contributed by atoms with Gasteiger partial charge in [0.1, 0.15) is 12.4 Å². The van der Waals surface area contributed by atoms with Crippen molar-refractivity contribution in [2.45, 2.75) is 19.4 Å². The van der Waals surface area contributed by atoms with Crippen molar-refractivity contribution in [2.75, 3.05) is 13.2 Å². The van der Waals surface area contributed by atoms with Crippen molar-refractivity contribution in [1.29, 1.82) is 0 Å². The maximum Gasteiger partial charge on any atom is 0.119 e. The van der Waals surface area contributed by atoms with Crippen molar-refractivity contribution in [1.82, 2.24) is 0 Å². The monoisotopic (exact) mass is 196 g/mol. The normalized spacial score (nSPS) is 12.5. The van der Waals surface area contributed by atoms with Crippen LogP contribution in [0.2, 0.25) is 0 Å². The van der Waals surface area contributed by atoms with E-state index >= 15 is 0 Å². The smallest absolute Gasteiger partial charge is 0.119 e. The molecule has 3 nitrogen and oxygen atoms in total. The Morgan fingerprint density at radius 1 is 1.29 bits per heavy atom. The van der Waals surface area contributed by atoms with Crippen molar-refractivity contribution in [3.63, 3.8) is 0 Å². The quantitative estimate of drug-likeness (QED) is 0.750. The molecule has 78 valence electrons. The van der Waals surface area contributed by atoms with E-state index in [-0.39, 0.29) is 6.61 Å². The van der Waals surface area contributed by atoms with Crippen LogP contribution in [0.5, 0.6) is 5.75 Å². The average Bonchev–Trinajstić information content (AvgIpc) is 2.26. The molecule has 0 amide bonds. The average molecular weight is 196 g/mol. The van der Waals surface area contributed by atoms with Crippen molar-refractivity contribution in [3.05, 3.63) is 29.8 Å². The summed E-state index contributed by atoms with van der Waals surface area (Å²) in [5.41, 5.74) is 0.892. The van der Waals surface area contributed by atoms with Gasteiger partial charge in [0.15, 0.2) is 0 Å². The Kier molecular flexibility index (Phi) is 4.43. The standard InChI is InChI=1S/C11H16O3/c1-2-11(13)9-3-5-10(6-4-9)14-8-7-12/h3-6,11-13H,2,7-8H2,1H3/t11-/m1/s1. The summed E-state index contributed by atoms with van der Waals surface area (Å²) < 4.78 is 5.19. The Balaban J connectivity index is 2.59. The summed E-state index contributed by atoms with van der Waals surface area (Å²) in [6.45, 7) is 2.25. The molecule has 1 atom stereocenters. The topological polar surface area (TPSA) is 49.7 Å². The molecule has 0 saturated carbocycles. The second-order valence-corrected chi connectivity index (χ2v) is 3.07. The van der Waals surface area contributed by atoms with E-state index in [4.69, 9.17) is 9.84 Å². The number of aliphatic hydroxyl groups is 2. The fraction of sp³-hybridized carbons (Fsp3) is 0.455. The van der Waals surface area contributed by atoms with Crippen molar-refractivity contribution in [3.8, 4) is 5.75 Å². The predicted molar refractivity (Wildman–Crippen MR) is 54.3 cm³/mol. The predicted octanol–water partition coefficient (Wildman–Crippen LogP) is 1.50. The summed E-state index contributed by atoms with van der Waals surface area (Å²) in [6, 6.07) is 7.26.